The van der Waals surface area contributed by atoms with E-state index in [0.29, 0.717) is 24.8 Å². The summed E-state index contributed by atoms with van der Waals surface area (Å²) < 4.78 is 0. The third-order valence-corrected chi connectivity index (χ3v) is 2.96. The molecule has 0 radical (unpaired) electrons. The van der Waals surface area contributed by atoms with Crippen molar-refractivity contribution in [3.8, 4) is 0 Å². The van der Waals surface area contributed by atoms with Crippen LogP contribution in [0.1, 0.15) is 33.1 Å². The molecule has 1 aromatic heterocycles. The molecular weight excluding hydrogens is 230 g/mol. The van der Waals surface area contributed by atoms with E-state index in [9.17, 15) is 4.79 Å². The average molecular weight is 251 g/mol. The Kier molecular flexibility index (Phi) is 6.21. The van der Waals surface area contributed by atoms with Crippen LogP contribution in [0.15, 0.2) is 12.4 Å². The van der Waals surface area contributed by atoms with Gasteiger partial charge in [-0.3, -0.25) is 10.1 Å². The van der Waals surface area contributed by atoms with Gasteiger partial charge in [0.15, 0.2) is 0 Å². The highest BCUT2D eigenvalue weighted by molar-refractivity contribution is 5.88. The second-order valence-corrected chi connectivity index (χ2v) is 4.63. The molecule has 1 heterocycles. The van der Waals surface area contributed by atoms with Gasteiger partial charge in [0, 0.05) is 6.42 Å². The highest BCUT2D eigenvalue weighted by Crippen LogP contribution is 2.20. The first-order valence-corrected chi connectivity index (χ1v) is 6.27. The first kappa shape index (κ1) is 14.5. The molecule has 18 heavy (non-hydrogen) atoms. The van der Waals surface area contributed by atoms with Crippen LogP contribution in [-0.2, 0) is 4.79 Å². The van der Waals surface area contributed by atoms with Crippen molar-refractivity contribution in [1.82, 2.24) is 15.2 Å². The van der Waals surface area contributed by atoms with Crippen LogP contribution in [0.5, 0.6) is 0 Å². The number of rotatable bonds is 7. The monoisotopic (exact) mass is 251 g/mol. The maximum atomic E-state index is 11.7. The first-order chi connectivity index (χ1) is 8.63. The summed E-state index contributed by atoms with van der Waals surface area (Å²) in [4.78, 5) is 15.6. The van der Waals surface area contributed by atoms with Crippen LogP contribution in [0.2, 0.25) is 0 Å². The molecule has 3 N–H and O–H groups in total. The lowest BCUT2D eigenvalue weighted by atomic mass is 9.88. The van der Waals surface area contributed by atoms with E-state index in [1.54, 1.807) is 0 Å². The Hall–Kier alpha value is -1.56. The molecule has 0 aromatic carbocycles. The predicted molar refractivity (Wildman–Crippen MR) is 69.7 cm³/mol. The van der Waals surface area contributed by atoms with E-state index < -0.39 is 0 Å². The summed E-state index contributed by atoms with van der Waals surface area (Å²) in [6.07, 6.45) is 5.20. The third-order valence-electron chi connectivity index (χ3n) is 2.96. The number of amides is 1. The second kappa shape index (κ2) is 7.71. The fourth-order valence-corrected chi connectivity index (χ4v) is 1.83. The minimum Gasteiger partial charge on any atom is -0.330 e. The van der Waals surface area contributed by atoms with Gasteiger partial charge < -0.3 is 5.73 Å². The van der Waals surface area contributed by atoms with Crippen molar-refractivity contribution in [2.24, 2.45) is 17.6 Å². The Morgan fingerprint density at radius 2 is 2.17 bits per heavy atom. The topological polar surface area (TPSA) is 93.8 Å². The van der Waals surface area contributed by atoms with Crippen LogP contribution in [-0.4, -0.2) is 27.6 Å². The lowest BCUT2D eigenvalue weighted by Gasteiger charge is -2.19. The van der Waals surface area contributed by atoms with Gasteiger partial charge >= 0.3 is 0 Å². The SMILES string of the molecule is CC(C)C(CCN)CCC(=O)Nc1nccnn1. The molecule has 1 aromatic rings. The Morgan fingerprint density at radius 3 is 2.72 bits per heavy atom. The number of aromatic nitrogens is 3. The number of carbonyl (C=O) groups is 1. The lowest BCUT2D eigenvalue weighted by Crippen LogP contribution is -2.19. The van der Waals surface area contributed by atoms with Gasteiger partial charge in [0.2, 0.25) is 11.9 Å². The molecule has 1 atom stereocenters. The van der Waals surface area contributed by atoms with Gasteiger partial charge in [-0.25, -0.2) is 4.98 Å². The predicted octanol–water partition coefficient (Wildman–Crippen LogP) is 1.21. The maximum absolute atomic E-state index is 11.7. The molecule has 100 valence electrons. The van der Waals surface area contributed by atoms with Crippen LogP contribution < -0.4 is 11.1 Å². The molecule has 0 spiro atoms. The Morgan fingerprint density at radius 1 is 1.39 bits per heavy atom. The number of hydrogen-bond donors (Lipinski definition) is 2. The largest absolute Gasteiger partial charge is 0.330 e. The number of nitrogens with two attached hydrogens (primary N) is 1. The van der Waals surface area contributed by atoms with Gasteiger partial charge in [-0.15, -0.1) is 5.10 Å². The Bertz CT molecular complexity index is 355. The zero-order chi connectivity index (χ0) is 13.4. The molecule has 6 heteroatoms. The van der Waals surface area contributed by atoms with Crippen molar-refractivity contribution in [1.29, 1.82) is 0 Å². The third kappa shape index (κ3) is 5.18. The van der Waals surface area contributed by atoms with E-state index in [2.05, 4.69) is 34.3 Å². The summed E-state index contributed by atoms with van der Waals surface area (Å²) in [6.45, 7) is 4.97. The van der Waals surface area contributed by atoms with Gasteiger partial charge in [-0.1, -0.05) is 13.8 Å². The number of carbonyl (C=O) groups excluding carboxylic acids is 1. The van der Waals surface area contributed by atoms with Crippen LogP contribution in [0.4, 0.5) is 5.95 Å². The van der Waals surface area contributed by atoms with E-state index in [4.69, 9.17) is 5.73 Å². The van der Waals surface area contributed by atoms with E-state index in [-0.39, 0.29) is 11.9 Å². The van der Waals surface area contributed by atoms with Crippen molar-refractivity contribution < 1.29 is 4.79 Å². The van der Waals surface area contributed by atoms with Crippen LogP contribution in [0.25, 0.3) is 0 Å². The number of anilines is 1. The van der Waals surface area contributed by atoms with Crippen molar-refractivity contribution in [3.05, 3.63) is 12.4 Å². The molecule has 0 saturated heterocycles. The zero-order valence-corrected chi connectivity index (χ0v) is 11.0. The summed E-state index contributed by atoms with van der Waals surface area (Å²) >= 11 is 0. The minimum atomic E-state index is -0.0781. The summed E-state index contributed by atoms with van der Waals surface area (Å²) in [5, 5.41) is 9.97. The Labute approximate surface area is 107 Å². The molecule has 1 unspecified atom stereocenters. The number of hydrogen-bond acceptors (Lipinski definition) is 5. The number of nitrogens with one attached hydrogen (secondary N) is 1. The fourth-order valence-electron chi connectivity index (χ4n) is 1.83. The van der Waals surface area contributed by atoms with Crippen molar-refractivity contribution in [2.75, 3.05) is 11.9 Å². The average Bonchev–Trinajstić information content (AvgIpc) is 2.35. The van der Waals surface area contributed by atoms with Gasteiger partial charge in [-0.05, 0) is 31.2 Å². The van der Waals surface area contributed by atoms with Gasteiger partial charge in [-0.2, -0.15) is 5.10 Å². The van der Waals surface area contributed by atoms with Gasteiger partial charge in [0.05, 0.1) is 12.4 Å². The smallest absolute Gasteiger partial charge is 0.249 e. The molecule has 1 rings (SSSR count). The van der Waals surface area contributed by atoms with Crippen LogP contribution in [0, 0.1) is 11.8 Å². The fraction of sp³-hybridized carbons (Fsp3) is 0.667. The molecule has 0 aliphatic heterocycles. The first-order valence-electron chi connectivity index (χ1n) is 6.27. The minimum absolute atomic E-state index is 0.0781. The summed E-state index contributed by atoms with van der Waals surface area (Å²) in [5.74, 6) is 1.19. The molecule has 6 nitrogen and oxygen atoms in total. The van der Waals surface area contributed by atoms with Crippen LogP contribution >= 0.6 is 0 Å². The summed E-state index contributed by atoms with van der Waals surface area (Å²) in [6, 6.07) is 0. The van der Waals surface area contributed by atoms with Crippen molar-refractivity contribution >= 4 is 11.9 Å². The molecular formula is C12H21N5O. The Balaban J connectivity index is 2.36. The summed E-state index contributed by atoms with van der Waals surface area (Å²) in [7, 11) is 0. The highest BCUT2D eigenvalue weighted by atomic mass is 16.1. The zero-order valence-electron chi connectivity index (χ0n) is 11.0. The molecule has 0 saturated carbocycles. The lowest BCUT2D eigenvalue weighted by molar-refractivity contribution is -0.116. The molecule has 0 fully saturated rings. The number of nitrogens with zero attached hydrogens (tertiary/aromatic N) is 3. The van der Waals surface area contributed by atoms with Crippen LogP contribution in [0.3, 0.4) is 0 Å². The van der Waals surface area contributed by atoms with Crippen molar-refractivity contribution in [3.63, 3.8) is 0 Å². The molecule has 0 aliphatic rings. The second-order valence-electron chi connectivity index (χ2n) is 4.63. The summed E-state index contributed by atoms with van der Waals surface area (Å²) in [5.41, 5.74) is 5.57. The van der Waals surface area contributed by atoms with E-state index in [0.717, 1.165) is 12.8 Å². The van der Waals surface area contributed by atoms with E-state index in [1.165, 1.54) is 12.4 Å². The quantitative estimate of drug-likeness (QED) is 0.759. The van der Waals surface area contributed by atoms with E-state index >= 15 is 0 Å². The van der Waals surface area contributed by atoms with Crippen molar-refractivity contribution in [2.45, 2.75) is 33.1 Å². The molecule has 1 amide bonds. The standard InChI is InChI=1S/C12H21N5O/c1-9(2)10(5-6-13)3-4-11(18)16-12-14-7-8-15-17-12/h7-10H,3-6,13H2,1-2H3,(H,14,16,17,18). The maximum Gasteiger partial charge on any atom is 0.249 e. The van der Waals surface area contributed by atoms with Gasteiger partial charge in [0.25, 0.3) is 0 Å². The highest BCUT2D eigenvalue weighted by Gasteiger charge is 2.14. The molecule has 0 bridgehead atoms. The molecule has 0 aliphatic carbocycles. The van der Waals surface area contributed by atoms with E-state index in [1.807, 2.05) is 0 Å². The van der Waals surface area contributed by atoms with Gasteiger partial charge in [0.1, 0.15) is 0 Å². The normalized spacial score (nSPS) is 12.4.